The maximum Gasteiger partial charge on any atom is 0.167 e. The molecule has 19 heavy (non-hydrogen) atoms. The van der Waals surface area contributed by atoms with Crippen LogP contribution < -0.4 is 0 Å². The minimum absolute atomic E-state index is 0.0358. The Bertz CT molecular complexity index is 618. The summed E-state index contributed by atoms with van der Waals surface area (Å²) in [5.74, 6) is 0.0358. The Kier molecular flexibility index (Phi) is 4.67. The zero-order valence-electron chi connectivity index (χ0n) is 10.2. The fourth-order valence-electron chi connectivity index (χ4n) is 1.84. The summed E-state index contributed by atoms with van der Waals surface area (Å²) in [5, 5.41) is 1.09. The normalized spacial score (nSPS) is 10.5. The van der Waals surface area contributed by atoms with Gasteiger partial charge in [0.1, 0.15) is 0 Å². The molecule has 4 heteroatoms. The largest absolute Gasteiger partial charge is 0.294 e. The van der Waals surface area contributed by atoms with E-state index in [0.29, 0.717) is 15.6 Å². The van der Waals surface area contributed by atoms with Crippen molar-refractivity contribution in [3.8, 4) is 0 Å². The zero-order chi connectivity index (χ0) is 14.0. The lowest BCUT2D eigenvalue weighted by Crippen LogP contribution is -2.04. The van der Waals surface area contributed by atoms with Crippen LogP contribution in [-0.4, -0.2) is 5.78 Å². The highest BCUT2D eigenvalue weighted by molar-refractivity contribution is 9.10. The molecule has 0 atom stereocenters. The van der Waals surface area contributed by atoms with Crippen LogP contribution in [0.1, 0.15) is 21.5 Å². The summed E-state index contributed by atoms with van der Waals surface area (Å²) in [6, 6.07) is 10.8. The van der Waals surface area contributed by atoms with Crippen molar-refractivity contribution in [1.29, 1.82) is 0 Å². The highest BCUT2D eigenvalue weighted by Crippen LogP contribution is 2.23. The lowest BCUT2D eigenvalue weighted by atomic mass is 10.0. The molecule has 0 spiro atoms. The summed E-state index contributed by atoms with van der Waals surface area (Å²) in [7, 11) is 0. The van der Waals surface area contributed by atoms with E-state index in [0.717, 1.165) is 15.6 Å². The lowest BCUT2D eigenvalue weighted by molar-refractivity contribution is 0.0993. The topological polar surface area (TPSA) is 17.1 Å². The lowest BCUT2D eigenvalue weighted by Gasteiger charge is -2.06. The number of halogens is 3. The van der Waals surface area contributed by atoms with Crippen molar-refractivity contribution < 1.29 is 4.79 Å². The molecule has 0 N–H and O–H groups in total. The van der Waals surface area contributed by atoms with Gasteiger partial charge in [0, 0.05) is 26.5 Å². The van der Waals surface area contributed by atoms with Gasteiger partial charge in [-0.15, -0.1) is 0 Å². The van der Waals surface area contributed by atoms with Crippen molar-refractivity contribution in [3.63, 3.8) is 0 Å². The molecule has 0 heterocycles. The number of hydrogen-bond donors (Lipinski definition) is 0. The standard InChI is InChI=1S/C15H11BrCl2O/c1-9-4-11(6-12(16)5-9)15(19)7-10-2-3-13(17)8-14(10)18/h2-6,8H,7H2,1H3. The van der Waals surface area contributed by atoms with Crippen LogP contribution in [0.3, 0.4) is 0 Å². The second-order valence-electron chi connectivity index (χ2n) is 4.35. The minimum atomic E-state index is 0.0358. The number of ketones is 1. The highest BCUT2D eigenvalue weighted by Gasteiger charge is 2.11. The molecule has 1 nitrogen and oxygen atoms in total. The first-order valence-electron chi connectivity index (χ1n) is 5.70. The molecule has 0 fully saturated rings. The van der Waals surface area contributed by atoms with Gasteiger partial charge >= 0.3 is 0 Å². The predicted octanol–water partition coefficient (Wildman–Crippen LogP) is 5.49. The van der Waals surface area contributed by atoms with Crippen molar-refractivity contribution in [2.45, 2.75) is 13.3 Å². The molecule has 0 amide bonds. The smallest absolute Gasteiger partial charge is 0.167 e. The summed E-state index contributed by atoms with van der Waals surface area (Å²) >= 11 is 15.3. The van der Waals surface area contributed by atoms with E-state index < -0.39 is 0 Å². The van der Waals surface area contributed by atoms with Gasteiger partial charge in [0.05, 0.1) is 0 Å². The van der Waals surface area contributed by atoms with Crippen LogP contribution in [0.4, 0.5) is 0 Å². The second-order valence-corrected chi connectivity index (χ2v) is 6.11. The monoisotopic (exact) mass is 356 g/mol. The summed E-state index contributed by atoms with van der Waals surface area (Å²) in [6.07, 6.45) is 0.270. The number of carbonyl (C=O) groups is 1. The number of benzene rings is 2. The van der Waals surface area contributed by atoms with E-state index in [1.54, 1.807) is 18.2 Å². The van der Waals surface area contributed by atoms with Crippen LogP contribution in [0.2, 0.25) is 10.0 Å². The van der Waals surface area contributed by atoms with Crippen molar-refractivity contribution in [3.05, 3.63) is 67.6 Å². The highest BCUT2D eigenvalue weighted by atomic mass is 79.9. The van der Waals surface area contributed by atoms with Gasteiger partial charge in [0.2, 0.25) is 0 Å². The average molecular weight is 358 g/mol. The molecule has 0 aliphatic heterocycles. The van der Waals surface area contributed by atoms with E-state index in [1.807, 2.05) is 25.1 Å². The number of Topliss-reactive ketones (excluding diaryl/α,β-unsaturated/α-hetero) is 1. The minimum Gasteiger partial charge on any atom is -0.294 e. The Morgan fingerprint density at radius 1 is 1.16 bits per heavy atom. The van der Waals surface area contributed by atoms with Crippen molar-refractivity contribution in [2.75, 3.05) is 0 Å². The maximum absolute atomic E-state index is 12.2. The molecule has 0 aliphatic carbocycles. The molecule has 0 bridgehead atoms. The fraction of sp³-hybridized carbons (Fsp3) is 0.133. The summed E-state index contributed by atoms with van der Waals surface area (Å²) in [6.45, 7) is 1.96. The van der Waals surface area contributed by atoms with Crippen LogP contribution in [0, 0.1) is 6.92 Å². The van der Waals surface area contributed by atoms with Gasteiger partial charge < -0.3 is 0 Å². The zero-order valence-corrected chi connectivity index (χ0v) is 13.3. The number of hydrogen-bond acceptors (Lipinski definition) is 1. The van der Waals surface area contributed by atoms with Crippen LogP contribution in [0.15, 0.2) is 40.9 Å². The molecular formula is C15H11BrCl2O. The molecular weight excluding hydrogens is 347 g/mol. The van der Waals surface area contributed by atoms with E-state index in [4.69, 9.17) is 23.2 Å². The average Bonchev–Trinajstić information content (AvgIpc) is 2.31. The number of rotatable bonds is 3. The Morgan fingerprint density at radius 2 is 1.89 bits per heavy atom. The first kappa shape index (κ1) is 14.6. The van der Waals surface area contributed by atoms with Gasteiger partial charge in [0.15, 0.2) is 5.78 Å². The first-order valence-corrected chi connectivity index (χ1v) is 7.25. The van der Waals surface area contributed by atoms with Crippen molar-refractivity contribution >= 4 is 44.9 Å². The molecule has 0 aromatic heterocycles. The van der Waals surface area contributed by atoms with Crippen LogP contribution in [-0.2, 0) is 6.42 Å². The van der Waals surface area contributed by atoms with E-state index in [2.05, 4.69) is 15.9 Å². The molecule has 0 aliphatic rings. The molecule has 98 valence electrons. The van der Waals surface area contributed by atoms with Gasteiger partial charge in [-0.1, -0.05) is 45.2 Å². The van der Waals surface area contributed by atoms with Crippen LogP contribution in [0.25, 0.3) is 0 Å². The van der Waals surface area contributed by atoms with Gasteiger partial charge in [-0.3, -0.25) is 4.79 Å². The second kappa shape index (κ2) is 6.08. The van der Waals surface area contributed by atoms with Crippen molar-refractivity contribution in [1.82, 2.24) is 0 Å². The Morgan fingerprint density at radius 3 is 2.53 bits per heavy atom. The van der Waals surface area contributed by atoms with E-state index in [9.17, 15) is 4.79 Å². The van der Waals surface area contributed by atoms with Gasteiger partial charge in [-0.25, -0.2) is 0 Å². The number of carbonyl (C=O) groups excluding carboxylic acids is 1. The number of aryl methyl sites for hydroxylation is 1. The quantitative estimate of drug-likeness (QED) is 0.664. The summed E-state index contributed by atoms with van der Waals surface area (Å²) in [5.41, 5.74) is 2.51. The Labute approximate surface area is 130 Å². The summed E-state index contributed by atoms with van der Waals surface area (Å²) in [4.78, 5) is 12.2. The van der Waals surface area contributed by atoms with E-state index in [1.165, 1.54) is 0 Å². The molecule has 2 rings (SSSR count). The van der Waals surface area contributed by atoms with E-state index >= 15 is 0 Å². The molecule has 0 radical (unpaired) electrons. The predicted molar refractivity (Wildman–Crippen MR) is 83.4 cm³/mol. The molecule has 0 unspecified atom stereocenters. The van der Waals surface area contributed by atoms with E-state index in [-0.39, 0.29) is 12.2 Å². The third-order valence-electron chi connectivity index (χ3n) is 2.73. The molecule has 0 saturated carbocycles. The Hall–Kier alpha value is -0.830. The van der Waals surface area contributed by atoms with Gasteiger partial charge in [-0.05, 0) is 48.4 Å². The third-order valence-corrected chi connectivity index (χ3v) is 3.78. The summed E-state index contributed by atoms with van der Waals surface area (Å²) < 4.78 is 0.901. The third kappa shape index (κ3) is 3.82. The Balaban J connectivity index is 2.25. The molecule has 0 saturated heterocycles. The SMILES string of the molecule is Cc1cc(Br)cc(C(=O)Cc2ccc(Cl)cc2Cl)c1. The van der Waals surface area contributed by atoms with Crippen LogP contribution in [0.5, 0.6) is 0 Å². The maximum atomic E-state index is 12.2. The first-order chi connectivity index (χ1) is 8.95. The van der Waals surface area contributed by atoms with Crippen molar-refractivity contribution in [2.24, 2.45) is 0 Å². The molecule has 2 aromatic carbocycles. The van der Waals surface area contributed by atoms with Crippen LogP contribution >= 0.6 is 39.1 Å². The fourth-order valence-corrected chi connectivity index (χ4v) is 2.92. The molecule has 2 aromatic rings. The van der Waals surface area contributed by atoms with Gasteiger partial charge in [-0.2, -0.15) is 0 Å². The van der Waals surface area contributed by atoms with Gasteiger partial charge in [0.25, 0.3) is 0 Å².